The molecule has 0 aromatic heterocycles. The van der Waals surface area contributed by atoms with E-state index in [1.165, 1.54) is 0 Å². The lowest BCUT2D eigenvalue weighted by Gasteiger charge is -2.50. The van der Waals surface area contributed by atoms with Crippen molar-refractivity contribution >= 4 is 14.0 Å². The molecule has 21 heavy (non-hydrogen) atoms. The summed E-state index contributed by atoms with van der Waals surface area (Å²) >= 11 is 0. The third kappa shape index (κ3) is 4.54. The van der Waals surface area contributed by atoms with Crippen LogP contribution in [0.1, 0.15) is 41.0 Å². The van der Waals surface area contributed by atoms with E-state index in [-0.39, 0.29) is 11.9 Å². The molecule has 0 amide bonds. The van der Waals surface area contributed by atoms with Gasteiger partial charge in [0.25, 0.3) is 0 Å². The minimum absolute atomic E-state index is 0.0582. The molecular weight excluding hydrogens is 280 g/mol. The molecule has 2 atom stereocenters. The van der Waals surface area contributed by atoms with E-state index in [4.69, 9.17) is 4.74 Å². The first-order valence-corrected chi connectivity index (χ1v) is 11.3. The number of hydrogen-bond donors (Lipinski definition) is 1. The van der Waals surface area contributed by atoms with Crippen molar-refractivity contribution in [3.05, 3.63) is 0 Å². The van der Waals surface area contributed by atoms with Gasteiger partial charge in [-0.05, 0) is 24.9 Å². The predicted molar refractivity (Wildman–Crippen MR) is 91.0 cm³/mol. The number of nitrogens with one attached hydrogen (secondary N) is 1. The Hall–Kier alpha value is -0.393. The van der Waals surface area contributed by atoms with Gasteiger partial charge >= 0.3 is 5.97 Å². The molecule has 1 aliphatic heterocycles. The summed E-state index contributed by atoms with van der Waals surface area (Å²) in [6.07, 6.45) is 1.15. The maximum Gasteiger partial charge on any atom is 0.309 e. The lowest BCUT2D eigenvalue weighted by atomic mass is 10.1. The summed E-state index contributed by atoms with van der Waals surface area (Å²) in [5, 5.41) is 4.05. The van der Waals surface area contributed by atoms with Crippen LogP contribution in [0.5, 0.6) is 0 Å². The predicted octanol–water partition coefficient (Wildman–Crippen LogP) is 2.85. The van der Waals surface area contributed by atoms with Gasteiger partial charge in [-0.1, -0.05) is 40.8 Å². The van der Waals surface area contributed by atoms with Crippen molar-refractivity contribution in [3.8, 4) is 0 Å². The fourth-order valence-electron chi connectivity index (χ4n) is 2.81. The lowest BCUT2D eigenvalue weighted by Crippen LogP contribution is -2.67. The van der Waals surface area contributed by atoms with Crippen molar-refractivity contribution in [2.24, 2.45) is 5.92 Å². The molecule has 0 radical (unpaired) electrons. The highest BCUT2D eigenvalue weighted by atomic mass is 28.3. The molecule has 0 bridgehead atoms. The molecule has 4 nitrogen and oxygen atoms in total. The smallest absolute Gasteiger partial charge is 0.309 e. The second-order valence-corrected chi connectivity index (χ2v) is 13.3. The van der Waals surface area contributed by atoms with Gasteiger partial charge in [0.05, 0.1) is 20.6 Å². The van der Waals surface area contributed by atoms with Gasteiger partial charge in [-0.2, -0.15) is 0 Å². The summed E-state index contributed by atoms with van der Waals surface area (Å²) < 4.78 is 5.16. The molecule has 1 N–H and O–H groups in total. The average Bonchev–Trinajstić information content (AvgIpc) is 2.38. The van der Waals surface area contributed by atoms with Crippen LogP contribution < -0.4 is 5.32 Å². The Morgan fingerprint density at radius 3 is 2.57 bits per heavy atom. The zero-order chi connectivity index (χ0) is 16.3. The lowest BCUT2D eigenvalue weighted by molar-refractivity contribution is -0.148. The summed E-state index contributed by atoms with van der Waals surface area (Å²) in [7, 11) is -1.52. The highest BCUT2D eigenvalue weighted by molar-refractivity contribution is 6.81. The van der Waals surface area contributed by atoms with Crippen molar-refractivity contribution in [1.82, 2.24) is 10.2 Å². The largest absolute Gasteiger partial charge is 0.466 e. The summed E-state index contributed by atoms with van der Waals surface area (Å²) in [6, 6.07) is 0. The van der Waals surface area contributed by atoms with E-state index in [1.54, 1.807) is 0 Å². The quantitative estimate of drug-likeness (QED) is 0.626. The summed E-state index contributed by atoms with van der Waals surface area (Å²) in [6.45, 7) is 19.2. The van der Waals surface area contributed by atoms with Gasteiger partial charge < -0.3 is 10.1 Å². The maximum absolute atomic E-state index is 11.9. The SMILES string of the molecule is CCOC(=O)C(C)CN1CCCNC1[Si](C)(C)C(C)(C)C. The van der Waals surface area contributed by atoms with E-state index in [0.29, 0.717) is 17.4 Å². The first kappa shape index (κ1) is 18.7. The molecule has 0 saturated carbocycles. The van der Waals surface area contributed by atoms with Crippen molar-refractivity contribution in [2.45, 2.75) is 65.0 Å². The Kier molecular flexibility index (Phi) is 6.44. The molecule has 0 spiro atoms. The maximum atomic E-state index is 11.9. The number of carbonyl (C=O) groups excluding carboxylic acids is 1. The molecule has 0 aliphatic carbocycles. The Morgan fingerprint density at radius 2 is 2.05 bits per heavy atom. The fourth-order valence-corrected chi connectivity index (χ4v) is 5.43. The average molecular weight is 315 g/mol. The molecule has 1 aliphatic rings. The Morgan fingerprint density at radius 1 is 1.43 bits per heavy atom. The van der Waals surface area contributed by atoms with Crippen LogP contribution in [0.2, 0.25) is 18.1 Å². The minimum atomic E-state index is -1.52. The number of nitrogens with zero attached hydrogens (tertiary/aromatic N) is 1. The Balaban J connectivity index is 2.81. The van der Waals surface area contributed by atoms with E-state index in [9.17, 15) is 4.79 Å². The first-order chi connectivity index (χ1) is 9.61. The Bertz CT molecular complexity index is 353. The Labute approximate surface area is 131 Å². The molecule has 1 rings (SSSR count). The normalized spacial score (nSPS) is 22.9. The standard InChI is InChI=1S/C16H34N2O2Si/c1-8-20-14(19)13(2)12-18-11-9-10-17-15(18)21(6,7)16(3,4)5/h13,15,17H,8-12H2,1-7H3. The highest BCUT2D eigenvalue weighted by Gasteiger charge is 2.45. The van der Waals surface area contributed by atoms with Crippen LogP contribution in [-0.4, -0.2) is 51.0 Å². The van der Waals surface area contributed by atoms with E-state index in [0.717, 1.165) is 26.1 Å². The second kappa shape index (κ2) is 7.25. The van der Waals surface area contributed by atoms with E-state index < -0.39 is 8.07 Å². The zero-order valence-corrected chi connectivity index (χ0v) is 16.0. The van der Waals surface area contributed by atoms with Crippen LogP contribution >= 0.6 is 0 Å². The molecule has 2 unspecified atom stereocenters. The van der Waals surface area contributed by atoms with Crippen molar-refractivity contribution in [1.29, 1.82) is 0 Å². The molecule has 1 fully saturated rings. The number of hydrogen-bond acceptors (Lipinski definition) is 4. The summed E-state index contributed by atoms with van der Waals surface area (Å²) in [5.41, 5.74) is 0. The van der Waals surface area contributed by atoms with Crippen LogP contribution in [-0.2, 0) is 9.53 Å². The molecule has 0 aromatic rings. The van der Waals surface area contributed by atoms with Gasteiger partial charge in [0.2, 0.25) is 0 Å². The second-order valence-electron chi connectivity index (χ2n) is 7.83. The van der Waals surface area contributed by atoms with Gasteiger partial charge in [0.1, 0.15) is 0 Å². The zero-order valence-electron chi connectivity index (χ0n) is 15.0. The monoisotopic (exact) mass is 314 g/mol. The molecule has 5 heteroatoms. The minimum Gasteiger partial charge on any atom is -0.466 e. The van der Waals surface area contributed by atoms with Gasteiger partial charge in [0, 0.05) is 18.9 Å². The van der Waals surface area contributed by atoms with Crippen molar-refractivity contribution in [2.75, 3.05) is 26.2 Å². The number of esters is 1. The van der Waals surface area contributed by atoms with Gasteiger partial charge in [0.15, 0.2) is 0 Å². The van der Waals surface area contributed by atoms with E-state index in [1.807, 2.05) is 13.8 Å². The van der Waals surface area contributed by atoms with Gasteiger partial charge in [-0.3, -0.25) is 9.69 Å². The van der Waals surface area contributed by atoms with Crippen LogP contribution in [0.15, 0.2) is 0 Å². The third-order valence-electron chi connectivity index (χ3n) is 5.14. The van der Waals surface area contributed by atoms with E-state index >= 15 is 0 Å². The van der Waals surface area contributed by atoms with Crippen molar-refractivity contribution < 1.29 is 9.53 Å². The summed E-state index contributed by atoms with van der Waals surface area (Å²) in [4.78, 5) is 14.4. The van der Waals surface area contributed by atoms with Crippen LogP contribution in [0, 0.1) is 5.92 Å². The van der Waals surface area contributed by atoms with Gasteiger partial charge in [-0.25, -0.2) is 0 Å². The van der Waals surface area contributed by atoms with Crippen LogP contribution in [0.4, 0.5) is 0 Å². The topological polar surface area (TPSA) is 41.6 Å². The molecular formula is C16H34N2O2Si. The number of carbonyl (C=O) groups is 1. The molecule has 1 heterocycles. The van der Waals surface area contributed by atoms with Crippen molar-refractivity contribution in [3.63, 3.8) is 0 Å². The van der Waals surface area contributed by atoms with E-state index in [2.05, 4.69) is 44.1 Å². The molecule has 1 saturated heterocycles. The number of ether oxygens (including phenoxy) is 1. The summed E-state index contributed by atoms with van der Waals surface area (Å²) in [5.74, 6) is 0.303. The number of rotatable bonds is 5. The molecule has 124 valence electrons. The van der Waals surface area contributed by atoms with Crippen LogP contribution in [0.25, 0.3) is 0 Å². The fraction of sp³-hybridized carbons (Fsp3) is 0.938. The van der Waals surface area contributed by atoms with Gasteiger partial charge in [-0.15, -0.1) is 0 Å². The highest BCUT2D eigenvalue weighted by Crippen LogP contribution is 2.39. The third-order valence-corrected chi connectivity index (χ3v) is 10.9. The van der Waals surface area contributed by atoms with Crippen LogP contribution in [0.3, 0.4) is 0 Å². The first-order valence-electron chi connectivity index (χ1n) is 8.25. The molecule has 0 aromatic carbocycles.